The van der Waals surface area contributed by atoms with Crippen LogP contribution in [0.5, 0.6) is 23.1 Å². The van der Waals surface area contributed by atoms with Gasteiger partial charge in [-0.15, -0.1) is 0 Å². The minimum Gasteiger partial charge on any atom is -0.493 e. The average Bonchev–Trinajstić information content (AvgIpc) is 2.94. The van der Waals surface area contributed by atoms with Crippen molar-refractivity contribution in [2.45, 2.75) is 12.8 Å². The molecule has 2 heterocycles. The van der Waals surface area contributed by atoms with Crippen LogP contribution < -0.4 is 23.8 Å². The van der Waals surface area contributed by atoms with Gasteiger partial charge in [-0.3, -0.25) is 4.72 Å². The highest BCUT2D eigenvalue weighted by molar-refractivity contribution is 7.92. The number of nitrogens with zero attached hydrogens (tertiary/aromatic N) is 3. The van der Waals surface area contributed by atoms with E-state index in [1.807, 2.05) is 35.2 Å². The lowest BCUT2D eigenvalue weighted by molar-refractivity contribution is 0.122. The third-order valence-corrected chi connectivity index (χ3v) is 7.03. The number of nitrogens with one attached hydrogen (secondary N) is 1. The summed E-state index contributed by atoms with van der Waals surface area (Å²) in [6, 6.07) is 16.6. The van der Waals surface area contributed by atoms with E-state index in [2.05, 4.69) is 14.7 Å². The van der Waals surface area contributed by atoms with Gasteiger partial charge in [-0.25, -0.2) is 8.42 Å². The van der Waals surface area contributed by atoms with Crippen LogP contribution in [0.15, 0.2) is 54.6 Å². The smallest absolute Gasteiger partial charge is 0.265 e. The molecule has 4 rings (SSSR count). The summed E-state index contributed by atoms with van der Waals surface area (Å²) in [5.41, 5.74) is 1.05. The van der Waals surface area contributed by atoms with E-state index in [1.165, 1.54) is 7.11 Å². The van der Waals surface area contributed by atoms with Crippen LogP contribution in [-0.4, -0.2) is 75.9 Å². The molecule has 1 aromatic heterocycles. The van der Waals surface area contributed by atoms with Gasteiger partial charge in [0.15, 0.2) is 17.3 Å². The molecule has 12 heteroatoms. The van der Waals surface area contributed by atoms with Crippen molar-refractivity contribution in [2.24, 2.45) is 0 Å². The van der Waals surface area contributed by atoms with Gasteiger partial charge < -0.3 is 29.0 Å². The third-order valence-electron chi connectivity index (χ3n) is 5.70. The maximum absolute atomic E-state index is 13.2. The number of para-hydroxylation sites is 2. The number of methoxy groups -OCH3 is 1. The maximum Gasteiger partial charge on any atom is 0.265 e. The van der Waals surface area contributed by atoms with Crippen molar-refractivity contribution in [3.05, 3.63) is 60.2 Å². The molecule has 38 heavy (non-hydrogen) atoms. The topological polar surface area (TPSA) is 132 Å². The Morgan fingerprint density at radius 3 is 2.45 bits per heavy atom. The highest BCUT2D eigenvalue weighted by Gasteiger charge is 2.26. The van der Waals surface area contributed by atoms with Gasteiger partial charge in [0.05, 0.1) is 32.7 Å². The van der Waals surface area contributed by atoms with E-state index in [0.29, 0.717) is 50.6 Å². The van der Waals surface area contributed by atoms with Gasteiger partial charge in [0.25, 0.3) is 5.88 Å². The molecule has 1 fully saturated rings. The molecule has 1 aliphatic heterocycles. The normalized spacial score (nSPS) is 13.7. The summed E-state index contributed by atoms with van der Waals surface area (Å²) in [5, 5.41) is 9.39. The van der Waals surface area contributed by atoms with Crippen LogP contribution in [0.3, 0.4) is 0 Å². The number of aliphatic hydroxyl groups is 1. The molecule has 0 unspecified atom stereocenters. The van der Waals surface area contributed by atoms with E-state index in [9.17, 15) is 13.5 Å². The van der Waals surface area contributed by atoms with Gasteiger partial charge in [0, 0.05) is 13.1 Å². The molecule has 0 spiro atoms. The maximum atomic E-state index is 13.2. The van der Waals surface area contributed by atoms with Crippen LogP contribution in [0.4, 0.5) is 11.8 Å². The van der Waals surface area contributed by atoms with Gasteiger partial charge >= 0.3 is 0 Å². The van der Waals surface area contributed by atoms with Crippen LogP contribution in [0.2, 0.25) is 0 Å². The molecule has 2 N–H and O–H groups in total. The van der Waals surface area contributed by atoms with Crippen LogP contribution >= 0.6 is 0 Å². The monoisotopic (exact) mass is 544 g/mol. The number of hydrogen-bond acceptors (Lipinski definition) is 10. The summed E-state index contributed by atoms with van der Waals surface area (Å²) in [7, 11) is -2.32. The molecule has 1 aliphatic rings. The first-order chi connectivity index (χ1) is 18.5. The zero-order chi connectivity index (χ0) is 26.8. The van der Waals surface area contributed by atoms with E-state index in [0.717, 1.165) is 5.56 Å². The van der Waals surface area contributed by atoms with Gasteiger partial charge in [0.2, 0.25) is 21.7 Å². The van der Waals surface area contributed by atoms with Gasteiger partial charge in [-0.2, -0.15) is 9.97 Å². The van der Waals surface area contributed by atoms with Crippen molar-refractivity contribution in [3.8, 4) is 23.1 Å². The number of benzene rings is 2. The predicted molar refractivity (Wildman–Crippen MR) is 143 cm³/mol. The third kappa shape index (κ3) is 7.46. The van der Waals surface area contributed by atoms with E-state index in [1.54, 1.807) is 24.3 Å². The number of rotatable bonds is 13. The van der Waals surface area contributed by atoms with Crippen LogP contribution in [0, 0.1) is 0 Å². The summed E-state index contributed by atoms with van der Waals surface area (Å²) in [4.78, 5) is 10.9. The van der Waals surface area contributed by atoms with Gasteiger partial charge in [-0.05, 0) is 30.5 Å². The summed E-state index contributed by atoms with van der Waals surface area (Å²) in [6.45, 7) is 1.66. The largest absolute Gasteiger partial charge is 0.493 e. The minimum atomic E-state index is -3.82. The van der Waals surface area contributed by atoms with Crippen molar-refractivity contribution in [2.75, 3.05) is 62.0 Å². The molecule has 3 aromatic rings. The number of sulfonamides is 1. The fraction of sp³-hybridized carbons (Fsp3) is 0.385. The second kappa shape index (κ2) is 13.3. The lowest BCUT2D eigenvalue weighted by Crippen LogP contribution is -2.37. The first-order valence-corrected chi connectivity index (χ1v) is 14.0. The standard InChI is InChI=1S/C26H32N4O7S/c1-34-21-11-5-6-12-22(21)37-23-24(29-38(32,33)19-7-10-20-8-3-2-4-9-20)27-26(28-25(23)36-18-15-31)30-13-16-35-17-14-30/h2-6,8-9,11-12,31H,7,10,13-19H2,1H3,(H,27,28,29). The summed E-state index contributed by atoms with van der Waals surface area (Å²) >= 11 is 0. The van der Waals surface area contributed by atoms with Crippen LogP contribution in [0.25, 0.3) is 0 Å². The molecule has 0 bridgehead atoms. The first-order valence-electron chi connectivity index (χ1n) is 12.3. The molecular formula is C26H32N4O7S. The fourth-order valence-electron chi connectivity index (χ4n) is 3.85. The predicted octanol–water partition coefficient (Wildman–Crippen LogP) is 2.86. The quantitative estimate of drug-likeness (QED) is 0.331. The number of aromatic nitrogens is 2. The van der Waals surface area contributed by atoms with E-state index in [4.69, 9.17) is 18.9 Å². The fourth-order valence-corrected chi connectivity index (χ4v) is 4.91. The Bertz CT molecular complexity index is 1290. The molecule has 0 amide bonds. The first kappa shape index (κ1) is 27.4. The van der Waals surface area contributed by atoms with Gasteiger partial charge in [0.1, 0.15) is 6.61 Å². The van der Waals surface area contributed by atoms with Crippen molar-refractivity contribution in [1.82, 2.24) is 9.97 Å². The Hall–Kier alpha value is -3.61. The Morgan fingerprint density at radius 1 is 1.03 bits per heavy atom. The molecule has 0 atom stereocenters. The highest BCUT2D eigenvalue weighted by atomic mass is 32.2. The van der Waals surface area contributed by atoms with Crippen molar-refractivity contribution in [1.29, 1.82) is 0 Å². The van der Waals surface area contributed by atoms with E-state index in [-0.39, 0.29) is 42.4 Å². The molecular weight excluding hydrogens is 512 g/mol. The zero-order valence-corrected chi connectivity index (χ0v) is 22.0. The number of ether oxygens (including phenoxy) is 4. The number of anilines is 2. The summed E-state index contributed by atoms with van der Waals surface area (Å²) < 4.78 is 51.5. The number of aryl methyl sites for hydroxylation is 1. The molecule has 0 saturated carbocycles. The van der Waals surface area contributed by atoms with Crippen molar-refractivity contribution in [3.63, 3.8) is 0 Å². The molecule has 1 saturated heterocycles. The zero-order valence-electron chi connectivity index (χ0n) is 21.2. The summed E-state index contributed by atoms with van der Waals surface area (Å²) in [6.07, 6.45) is 1.03. The molecule has 2 aromatic carbocycles. The molecule has 0 aliphatic carbocycles. The Kier molecular flexibility index (Phi) is 9.57. The van der Waals surface area contributed by atoms with Gasteiger partial charge in [-0.1, -0.05) is 42.5 Å². The lowest BCUT2D eigenvalue weighted by atomic mass is 10.1. The van der Waals surface area contributed by atoms with Crippen LogP contribution in [-0.2, 0) is 21.2 Å². The summed E-state index contributed by atoms with van der Waals surface area (Å²) in [5.74, 6) is 0.760. The minimum absolute atomic E-state index is 0.0107. The second-order valence-corrected chi connectivity index (χ2v) is 10.3. The number of aliphatic hydroxyl groups excluding tert-OH is 1. The average molecular weight is 545 g/mol. The number of morpholine rings is 1. The Balaban J connectivity index is 1.67. The second-order valence-electron chi connectivity index (χ2n) is 8.44. The molecule has 11 nitrogen and oxygen atoms in total. The Labute approximate surface area is 222 Å². The van der Waals surface area contributed by atoms with E-state index < -0.39 is 10.0 Å². The van der Waals surface area contributed by atoms with Crippen LogP contribution in [0.1, 0.15) is 12.0 Å². The van der Waals surface area contributed by atoms with Crippen molar-refractivity contribution < 1.29 is 32.5 Å². The lowest BCUT2D eigenvalue weighted by Gasteiger charge is -2.28. The van der Waals surface area contributed by atoms with Crippen molar-refractivity contribution >= 4 is 21.8 Å². The number of hydrogen-bond donors (Lipinski definition) is 2. The molecule has 204 valence electrons. The Morgan fingerprint density at radius 2 is 1.74 bits per heavy atom. The SMILES string of the molecule is COc1ccccc1Oc1c(NS(=O)(=O)CCCc2ccccc2)nc(N2CCOCC2)nc1OCCO. The highest BCUT2D eigenvalue weighted by Crippen LogP contribution is 2.41. The van der Waals surface area contributed by atoms with E-state index >= 15 is 0 Å². The molecule has 0 radical (unpaired) electrons.